The first-order chi connectivity index (χ1) is 12.3. The number of amides is 1. The van der Waals surface area contributed by atoms with Gasteiger partial charge in [0.2, 0.25) is 15.9 Å². The molecule has 0 unspecified atom stereocenters. The van der Waals surface area contributed by atoms with Gasteiger partial charge in [-0.05, 0) is 36.8 Å². The maximum atomic E-state index is 13.1. The van der Waals surface area contributed by atoms with Crippen molar-refractivity contribution in [2.45, 2.75) is 19.4 Å². The van der Waals surface area contributed by atoms with E-state index in [4.69, 9.17) is 4.74 Å². The lowest BCUT2D eigenvalue weighted by molar-refractivity contribution is -0.116. The van der Waals surface area contributed by atoms with Crippen molar-refractivity contribution in [2.24, 2.45) is 0 Å². The molecule has 0 heterocycles. The third-order valence-electron chi connectivity index (χ3n) is 3.48. The summed E-state index contributed by atoms with van der Waals surface area (Å²) < 4.78 is 44.2. The van der Waals surface area contributed by atoms with Crippen LogP contribution < -0.4 is 14.8 Å². The smallest absolute Gasteiger partial charge is 0.226 e. The molecule has 1 amide bonds. The minimum absolute atomic E-state index is 0.154. The van der Waals surface area contributed by atoms with Crippen molar-refractivity contribution in [3.63, 3.8) is 0 Å². The lowest BCUT2D eigenvalue weighted by Gasteiger charge is -2.18. The molecule has 0 aliphatic rings. The predicted octanol–water partition coefficient (Wildman–Crippen LogP) is 2.84. The van der Waals surface area contributed by atoms with Crippen LogP contribution >= 0.6 is 0 Å². The van der Waals surface area contributed by atoms with Crippen molar-refractivity contribution in [3.05, 3.63) is 59.9 Å². The second-order valence-corrected chi connectivity index (χ2v) is 7.46. The van der Waals surface area contributed by atoms with Gasteiger partial charge >= 0.3 is 0 Å². The molecule has 0 bridgehead atoms. The summed E-state index contributed by atoms with van der Waals surface area (Å²) in [5, 5.41) is 2.72. The maximum Gasteiger partial charge on any atom is 0.226 e. The molecule has 2 rings (SSSR count). The van der Waals surface area contributed by atoms with Crippen molar-refractivity contribution in [3.8, 4) is 5.75 Å². The van der Waals surface area contributed by atoms with Gasteiger partial charge in [0, 0.05) is 6.42 Å². The summed E-state index contributed by atoms with van der Waals surface area (Å²) in [6.07, 6.45) is 0.852. The molecule has 2 aromatic rings. The fraction of sp³-hybridized carbons (Fsp3) is 0.278. The third-order valence-corrected chi connectivity index (χ3v) is 4.19. The summed E-state index contributed by atoms with van der Waals surface area (Å²) in [6.45, 7) is 2.28. The van der Waals surface area contributed by atoms with Crippen LogP contribution in [0.15, 0.2) is 48.5 Å². The predicted molar refractivity (Wildman–Crippen MR) is 98.0 cm³/mol. The van der Waals surface area contributed by atoms with Gasteiger partial charge in [0.25, 0.3) is 0 Å². The number of nitrogens with one attached hydrogen (secondary N) is 2. The average Bonchev–Trinajstić information content (AvgIpc) is 2.56. The fourth-order valence-electron chi connectivity index (χ4n) is 2.42. The molecule has 0 aliphatic carbocycles. The number of sulfonamides is 1. The summed E-state index contributed by atoms with van der Waals surface area (Å²) in [7, 11) is -3.57. The van der Waals surface area contributed by atoms with E-state index >= 15 is 0 Å². The number of hydrogen-bond donors (Lipinski definition) is 2. The zero-order valence-corrected chi connectivity index (χ0v) is 15.3. The van der Waals surface area contributed by atoms with Gasteiger partial charge in [0.1, 0.15) is 11.6 Å². The first kappa shape index (κ1) is 19.9. The quantitative estimate of drug-likeness (QED) is 0.738. The van der Waals surface area contributed by atoms with Crippen LogP contribution in [0.1, 0.15) is 24.9 Å². The van der Waals surface area contributed by atoms with Crippen LogP contribution in [0.4, 0.5) is 10.1 Å². The van der Waals surface area contributed by atoms with Crippen LogP contribution in [0, 0.1) is 5.82 Å². The number of anilines is 1. The number of carbonyl (C=O) groups is 1. The summed E-state index contributed by atoms with van der Waals surface area (Å²) >= 11 is 0. The van der Waals surface area contributed by atoms with Crippen molar-refractivity contribution < 1.29 is 22.3 Å². The second kappa shape index (κ2) is 8.77. The Kier molecular flexibility index (Phi) is 6.70. The van der Waals surface area contributed by atoms with Crippen LogP contribution in [0.2, 0.25) is 0 Å². The normalized spacial score (nSPS) is 12.4. The Hall–Kier alpha value is -2.45. The topological polar surface area (TPSA) is 84.5 Å². The Balaban J connectivity index is 2.17. The van der Waals surface area contributed by atoms with Crippen LogP contribution in [0.25, 0.3) is 0 Å². The van der Waals surface area contributed by atoms with Crippen molar-refractivity contribution in [1.82, 2.24) is 4.72 Å². The Morgan fingerprint density at radius 3 is 2.42 bits per heavy atom. The highest BCUT2D eigenvalue weighted by Gasteiger charge is 2.20. The summed E-state index contributed by atoms with van der Waals surface area (Å²) in [5.41, 5.74) is 0.988. The molecular weight excluding hydrogens is 359 g/mol. The molecule has 0 radical (unpaired) electrons. The largest absolute Gasteiger partial charge is 0.492 e. The highest BCUT2D eigenvalue weighted by atomic mass is 32.2. The van der Waals surface area contributed by atoms with Gasteiger partial charge in [-0.25, -0.2) is 17.5 Å². The van der Waals surface area contributed by atoms with Crippen molar-refractivity contribution in [2.75, 3.05) is 18.2 Å². The van der Waals surface area contributed by atoms with Crippen molar-refractivity contribution >= 4 is 21.6 Å². The molecule has 0 fully saturated rings. The van der Waals surface area contributed by atoms with E-state index in [2.05, 4.69) is 10.0 Å². The van der Waals surface area contributed by atoms with Gasteiger partial charge in [-0.15, -0.1) is 0 Å². The van der Waals surface area contributed by atoms with E-state index in [-0.39, 0.29) is 6.42 Å². The van der Waals surface area contributed by atoms with E-state index in [1.165, 1.54) is 24.3 Å². The lowest BCUT2D eigenvalue weighted by Crippen LogP contribution is -2.30. The first-order valence-electron chi connectivity index (χ1n) is 8.03. The number of halogens is 1. The van der Waals surface area contributed by atoms with Gasteiger partial charge in [0.15, 0.2) is 0 Å². The molecule has 2 aromatic carbocycles. The minimum Gasteiger partial charge on any atom is -0.492 e. The van der Waals surface area contributed by atoms with E-state index in [0.717, 1.165) is 6.26 Å². The van der Waals surface area contributed by atoms with Gasteiger partial charge in [-0.1, -0.05) is 24.3 Å². The van der Waals surface area contributed by atoms with Crippen molar-refractivity contribution in [1.29, 1.82) is 0 Å². The van der Waals surface area contributed by atoms with Crippen LogP contribution in [-0.2, 0) is 14.8 Å². The van der Waals surface area contributed by atoms with E-state index in [1.807, 2.05) is 6.92 Å². The number of para-hydroxylation sites is 2. The molecule has 6 nitrogen and oxygen atoms in total. The number of benzene rings is 2. The van der Waals surface area contributed by atoms with E-state index in [1.54, 1.807) is 24.3 Å². The second-order valence-electron chi connectivity index (χ2n) is 5.68. The lowest BCUT2D eigenvalue weighted by atomic mass is 10.0. The number of ether oxygens (including phenoxy) is 1. The average molecular weight is 380 g/mol. The number of hydrogen-bond acceptors (Lipinski definition) is 4. The fourth-order valence-corrected chi connectivity index (χ4v) is 3.16. The highest BCUT2D eigenvalue weighted by molar-refractivity contribution is 7.88. The summed E-state index contributed by atoms with van der Waals surface area (Å²) in [5.74, 6) is -0.317. The number of rotatable bonds is 8. The molecule has 1 atom stereocenters. The van der Waals surface area contributed by atoms with E-state index < -0.39 is 27.8 Å². The van der Waals surface area contributed by atoms with Crippen LogP contribution in [0.5, 0.6) is 5.75 Å². The summed E-state index contributed by atoms with van der Waals surface area (Å²) in [6, 6.07) is 11.5. The standard InChI is InChI=1S/C18H21FN2O4S/c1-3-25-17-7-5-4-6-15(17)20-18(22)12-16(21-26(2,23)24)13-8-10-14(19)11-9-13/h4-11,16,21H,3,12H2,1-2H3,(H,20,22)/t16-/m1/s1. The zero-order valence-electron chi connectivity index (χ0n) is 14.5. The molecule has 0 saturated carbocycles. The molecule has 2 N–H and O–H groups in total. The Labute approximate surface area is 152 Å². The van der Waals surface area contributed by atoms with E-state index in [0.29, 0.717) is 23.6 Å². The summed E-state index contributed by atoms with van der Waals surface area (Å²) in [4.78, 5) is 12.4. The van der Waals surface area contributed by atoms with Gasteiger partial charge < -0.3 is 10.1 Å². The van der Waals surface area contributed by atoms with Crippen LogP contribution in [0.3, 0.4) is 0 Å². The maximum absolute atomic E-state index is 13.1. The molecular formula is C18H21FN2O4S. The molecule has 8 heteroatoms. The molecule has 140 valence electrons. The Morgan fingerprint density at radius 2 is 1.81 bits per heavy atom. The Morgan fingerprint density at radius 1 is 1.15 bits per heavy atom. The highest BCUT2D eigenvalue weighted by Crippen LogP contribution is 2.25. The monoisotopic (exact) mass is 380 g/mol. The van der Waals surface area contributed by atoms with Crippen LogP contribution in [-0.4, -0.2) is 27.2 Å². The van der Waals surface area contributed by atoms with Gasteiger partial charge in [0.05, 0.1) is 24.6 Å². The third kappa shape index (κ3) is 6.12. The number of carbonyl (C=O) groups excluding carboxylic acids is 1. The van der Waals surface area contributed by atoms with Gasteiger partial charge in [-0.2, -0.15) is 0 Å². The molecule has 26 heavy (non-hydrogen) atoms. The minimum atomic E-state index is -3.57. The van der Waals surface area contributed by atoms with E-state index in [9.17, 15) is 17.6 Å². The molecule has 0 spiro atoms. The molecule has 0 saturated heterocycles. The SMILES string of the molecule is CCOc1ccccc1NC(=O)C[C@@H](NS(C)(=O)=O)c1ccc(F)cc1. The Bertz CT molecular complexity index is 854. The first-order valence-corrected chi connectivity index (χ1v) is 9.92. The molecule has 0 aromatic heterocycles. The van der Waals surface area contributed by atoms with Gasteiger partial charge in [-0.3, -0.25) is 4.79 Å². The zero-order chi connectivity index (χ0) is 19.2. The molecule has 0 aliphatic heterocycles.